The molecule has 1 fully saturated rings. The van der Waals surface area contributed by atoms with Crippen LogP contribution in [-0.2, 0) is 14.3 Å². The zero-order valence-electron chi connectivity index (χ0n) is 16.8. The largest absolute Gasteiger partial charge is 0.497 e. The summed E-state index contributed by atoms with van der Waals surface area (Å²) in [5, 5.41) is 5.38. The number of nitrogens with one attached hydrogen (secondary N) is 2. The number of amides is 2. The monoisotopic (exact) mass is 397 g/mol. The smallest absolute Gasteiger partial charge is 0.313 e. The molecule has 0 bridgehead atoms. The van der Waals surface area contributed by atoms with Gasteiger partial charge in [-0.1, -0.05) is 29.8 Å². The predicted octanol–water partition coefficient (Wildman–Crippen LogP) is 2.13. The van der Waals surface area contributed by atoms with E-state index < -0.39 is 11.8 Å². The van der Waals surface area contributed by atoms with E-state index in [0.717, 1.165) is 18.7 Å². The number of rotatable bonds is 6. The van der Waals surface area contributed by atoms with Gasteiger partial charge in [0.1, 0.15) is 5.75 Å². The van der Waals surface area contributed by atoms with E-state index in [1.807, 2.05) is 6.92 Å². The van der Waals surface area contributed by atoms with Gasteiger partial charge in [0, 0.05) is 25.3 Å². The Morgan fingerprint density at radius 1 is 1.03 bits per heavy atom. The molecular weight excluding hydrogens is 370 g/mol. The van der Waals surface area contributed by atoms with Crippen LogP contribution in [0.25, 0.3) is 0 Å². The number of hydrogen-bond acceptors (Lipinski definition) is 5. The van der Waals surface area contributed by atoms with Crippen LogP contribution in [0.5, 0.6) is 5.75 Å². The van der Waals surface area contributed by atoms with E-state index in [-0.39, 0.29) is 6.04 Å². The number of aryl methyl sites for hydroxylation is 1. The van der Waals surface area contributed by atoms with Crippen molar-refractivity contribution in [1.82, 2.24) is 10.2 Å². The Balaban J connectivity index is 1.61. The van der Waals surface area contributed by atoms with Gasteiger partial charge < -0.3 is 20.1 Å². The fourth-order valence-electron chi connectivity index (χ4n) is 3.27. The molecule has 1 saturated heterocycles. The van der Waals surface area contributed by atoms with Crippen molar-refractivity contribution in [2.24, 2.45) is 0 Å². The van der Waals surface area contributed by atoms with Crippen molar-refractivity contribution in [1.29, 1.82) is 0 Å². The summed E-state index contributed by atoms with van der Waals surface area (Å²) in [7, 11) is 1.57. The van der Waals surface area contributed by atoms with Crippen LogP contribution in [0, 0.1) is 6.92 Å². The highest BCUT2D eigenvalue weighted by molar-refractivity contribution is 6.39. The molecule has 3 rings (SSSR count). The highest BCUT2D eigenvalue weighted by atomic mass is 16.5. The summed E-state index contributed by atoms with van der Waals surface area (Å²) in [6.45, 7) is 5.28. The number of benzene rings is 2. The molecule has 2 aromatic carbocycles. The maximum Gasteiger partial charge on any atom is 0.313 e. The molecule has 0 radical (unpaired) electrons. The summed E-state index contributed by atoms with van der Waals surface area (Å²) in [5.41, 5.74) is 2.82. The average Bonchev–Trinajstić information content (AvgIpc) is 2.76. The highest BCUT2D eigenvalue weighted by Gasteiger charge is 2.24. The number of hydrogen-bond donors (Lipinski definition) is 2. The van der Waals surface area contributed by atoms with E-state index in [1.165, 1.54) is 5.56 Å². The molecule has 2 amide bonds. The van der Waals surface area contributed by atoms with Crippen molar-refractivity contribution >= 4 is 17.5 Å². The lowest BCUT2D eigenvalue weighted by atomic mass is 10.0. The molecule has 0 unspecified atom stereocenters. The van der Waals surface area contributed by atoms with E-state index in [4.69, 9.17) is 9.47 Å². The minimum atomic E-state index is -0.695. The van der Waals surface area contributed by atoms with E-state index in [0.29, 0.717) is 31.2 Å². The van der Waals surface area contributed by atoms with Gasteiger partial charge in [0.25, 0.3) is 0 Å². The topological polar surface area (TPSA) is 79.9 Å². The summed E-state index contributed by atoms with van der Waals surface area (Å²) in [4.78, 5) is 26.9. The first kappa shape index (κ1) is 20.8. The SMILES string of the molecule is COc1ccc(NC(=O)C(=O)NC[C@H](c2ccc(C)cc2)N2CCOCC2)cc1. The van der Waals surface area contributed by atoms with Crippen LogP contribution in [0.2, 0.25) is 0 Å². The lowest BCUT2D eigenvalue weighted by Gasteiger charge is -2.35. The van der Waals surface area contributed by atoms with E-state index in [2.05, 4.69) is 39.8 Å². The third kappa shape index (κ3) is 5.79. The average molecular weight is 397 g/mol. The number of nitrogens with zero attached hydrogens (tertiary/aromatic N) is 1. The Kier molecular flexibility index (Phi) is 7.21. The third-order valence-electron chi connectivity index (χ3n) is 4.96. The minimum absolute atomic E-state index is 0.0164. The lowest BCUT2D eigenvalue weighted by molar-refractivity contribution is -0.136. The molecule has 1 aliphatic heterocycles. The van der Waals surface area contributed by atoms with Crippen LogP contribution in [0.4, 0.5) is 5.69 Å². The quantitative estimate of drug-likeness (QED) is 0.730. The lowest BCUT2D eigenvalue weighted by Crippen LogP contribution is -2.45. The first-order valence-electron chi connectivity index (χ1n) is 9.68. The van der Waals surface area contributed by atoms with Gasteiger partial charge in [-0.3, -0.25) is 14.5 Å². The number of carbonyl (C=O) groups is 2. The highest BCUT2D eigenvalue weighted by Crippen LogP contribution is 2.22. The Hall–Kier alpha value is -2.90. The predicted molar refractivity (Wildman–Crippen MR) is 111 cm³/mol. The van der Waals surface area contributed by atoms with Gasteiger partial charge in [0.15, 0.2) is 0 Å². The first-order valence-corrected chi connectivity index (χ1v) is 9.68. The van der Waals surface area contributed by atoms with Crippen LogP contribution in [0.3, 0.4) is 0 Å². The van der Waals surface area contributed by atoms with Crippen LogP contribution < -0.4 is 15.4 Å². The molecule has 0 saturated carbocycles. The summed E-state index contributed by atoms with van der Waals surface area (Å²) in [6.07, 6.45) is 0. The molecular formula is C22H27N3O4. The van der Waals surface area contributed by atoms with Crippen LogP contribution in [-0.4, -0.2) is 56.7 Å². The minimum Gasteiger partial charge on any atom is -0.497 e. The van der Waals surface area contributed by atoms with Gasteiger partial charge in [-0.15, -0.1) is 0 Å². The molecule has 7 heteroatoms. The number of carbonyl (C=O) groups excluding carboxylic acids is 2. The molecule has 7 nitrogen and oxygen atoms in total. The second-order valence-electron chi connectivity index (χ2n) is 6.97. The molecule has 1 aliphatic rings. The number of morpholine rings is 1. The van der Waals surface area contributed by atoms with E-state index >= 15 is 0 Å². The molecule has 2 N–H and O–H groups in total. The van der Waals surface area contributed by atoms with Crippen LogP contribution in [0.15, 0.2) is 48.5 Å². The Morgan fingerprint density at radius 3 is 2.31 bits per heavy atom. The van der Waals surface area contributed by atoms with Gasteiger partial charge in [-0.05, 0) is 36.8 Å². The van der Waals surface area contributed by atoms with Crippen LogP contribution >= 0.6 is 0 Å². The van der Waals surface area contributed by atoms with Crippen molar-refractivity contribution in [3.05, 3.63) is 59.7 Å². The zero-order valence-corrected chi connectivity index (χ0v) is 16.8. The molecule has 0 spiro atoms. The summed E-state index contributed by atoms with van der Waals surface area (Å²) >= 11 is 0. The maximum absolute atomic E-state index is 12.4. The van der Waals surface area contributed by atoms with Gasteiger partial charge >= 0.3 is 11.8 Å². The zero-order chi connectivity index (χ0) is 20.6. The Bertz CT molecular complexity index is 815. The van der Waals surface area contributed by atoms with Gasteiger partial charge in [-0.2, -0.15) is 0 Å². The molecule has 154 valence electrons. The molecule has 2 aromatic rings. The van der Waals surface area contributed by atoms with Gasteiger partial charge in [-0.25, -0.2) is 0 Å². The number of ether oxygens (including phenoxy) is 2. The fourth-order valence-corrected chi connectivity index (χ4v) is 3.27. The maximum atomic E-state index is 12.4. The molecule has 0 aliphatic carbocycles. The normalized spacial score (nSPS) is 15.4. The number of methoxy groups -OCH3 is 1. The second-order valence-corrected chi connectivity index (χ2v) is 6.97. The molecule has 1 heterocycles. The first-order chi connectivity index (χ1) is 14.1. The van der Waals surface area contributed by atoms with Crippen molar-refractivity contribution in [2.45, 2.75) is 13.0 Å². The molecule has 0 aromatic heterocycles. The number of anilines is 1. The third-order valence-corrected chi connectivity index (χ3v) is 4.96. The summed E-state index contributed by atoms with van der Waals surface area (Å²) in [5.74, 6) is -0.676. The second kappa shape index (κ2) is 10.0. The Morgan fingerprint density at radius 2 is 1.69 bits per heavy atom. The van der Waals surface area contributed by atoms with Crippen molar-refractivity contribution in [3.63, 3.8) is 0 Å². The van der Waals surface area contributed by atoms with E-state index in [9.17, 15) is 9.59 Å². The Labute approximate surface area is 171 Å². The summed E-state index contributed by atoms with van der Waals surface area (Å²) in [6, 6.07) is 15.1. The fraction of sp³-hybridized carbons (Fsp3) is 0.364. The standard InChI is InChI=1S/C22H27N3O4/c1-16-3-5-17(6-4-16)20(25-11-13-29-14-12-25)15-23-21(26)22(27)24-18-7-9-19(28-2)10-8-18/h3-10,20H,11-15H2,1-2H3,(H,23,26)(H,24,27)/t20-/m1/s1. The van der Waals surface area contributed by atoms with Gasteiger partial charge in [0.05, 0.1) is 26.4 Å². The van der Waals surface area contributed by atoms with E-state index in [1.54, 1.807) is 31.4 Å². The van der Waals surface area contributed by atoms with Crippen molar-refractivity contribution in [3.8, 4) is 5.75 Å². The molecule has 1 atom stereocenters. The summed E-state index contributed by atoms with van der Waals surface area (Å²) < 4.78 is 10.5. The van der Waals surface area contributed by atoms with Crippen LogP contribution in [0.1, 0.15) is 17.2 Å². The molecule has 29 heavy (non-hydrogen) atoms. The van der Waals surface area contributed by atoms with Gasteiger partial charge in [0.2, 0.25) is 0 Å². The van der Waals surface area contributed by atoms with Crippen molar-refractivity contribution < 1.29 is 19.1 Å². The van der Waals surface area contributed by atoms with Crippen molar-refractivity contribution in [2.75, 3.05) is 45.3 Å².